The molecule has 0 bridgehead atoms. The molecule has 4 rings (SSSR count). The van der Waals surface area contributed by atoms with Gasteiger partial charge in [0.1, 0.15) is 5.82 Å². The predicted molar refractivity (Wildman–Crippen MR) is 120 cm³/mol. The van der Waals surface area contributed by atoms with E-state index in [0.717, 1.165) is 12.8 Å². The number of piperidine rings is 1. The number of aromatic nitrogens is 2. The molecule has 1 unspecified atom stereocenters. The molecule has 2 heterocycles. The molecule has 1 saturated heterocycles. The topological polar surface area (TPSA) is 83.1 Å². The number of fused-ring (bicyclic) bond motifs is 1. The Morgan fingerprint density at radius 3 is 2.27 bits per heavy atom. The van der Waals surface area contributed by atoms with E-state index in [1.54, 1.807) is 34.6 Å². The average molecular weight is 428 g/mol. The molecule has 0 aliphatic carbocycles. The number of hydrogen-bond donors (Lipinski definition) is 1. The van der Waals surface area contributed by atoms with Gasteiger partial charge in [-0.2, -0.15) is 4.31 Å². The van der Waals surface area contributed by atoms with Crippen LogP contribution in [0.15, 0.2) is 64.3 Å². The number of hydrogen-bond acceptors (Lipinski definition) is 4. The van der Waals surface area contributed by atoms with Gasteiger partial charge in [-0.25, -0.2) is 13.4 Å². The summed E-state index contributed by atoms with van der Waals surface area (Å²) in [6.45, 7) is 7.01. The van der Waals surface area contributed by atoms with Crippen LogP contribution in [-0.2, 0) is 10.0 Å². The molecule has 1 N–H and O–H groups in total. The van der Waals surface area contributed by atoms with Crippen LogP contribution in [0.4, 0.5) is 0 Å². The second-order valence-electron chi connectivity index (χ2n) is 7.31. The van der Waals surface area contributed by atoms with E-state index in [9.17, 15) is 13.2 Å². The first-order chi connectivity index (χ1) is 14.5. The van der Waals surface area contributed by atoms with E-state index >= 15 is 0 Å². The van der Waals surface area contributed by atoms with Crippen molar-refractivity contribution in [1.29, 1.82) is 0 Å². The number of H-pyrrole nitrogens is 1. The van der Waals surface area contributed by atoms with Crippen LogP contribution < -0.4 is 5.56 Å². The zero-order valence-corrected chi connectivity index (χ0v) is 18.5. The number of nitrogens with zero attached hydrogens (tertiary/aromatic N) is 2. The zero-order valence-electron chi connectivity index (χ0n) is 17.7. The number of benzene rings is 2. The quantitative estimate of drug-likeness (QED) is 0.678. The Morgan fingerprint density at radius 2 is 1.60 bits per heavy atom. The Labute approximate surface area is 178 Å². The van der Waals surface area contributed by atoms with Crippen LogP contribution in [0, 0.1) is 5.92 Å². The summed E-state index contributed by atoms with van der Waals surface area (Å²) < 4.78 is 27.1. The fraction of sp³-hybridized carbons (Fsp3) is 0.391. The van der Waals surface area contributed by atoms with E-state index in [4.69, 9.17) is 0 Å². The molecule has 3 aromatic rings. The lowest BCUT2D eigenvalue weighted by Gasteiger charge is -2.33. The summed E-state index contributed by atoms with van der Waals surface area (Å²) >= 11 is 0. The molecule has 1 atom stereocenters. The largest absolute Gasteiger partial charge is 0.310 e. The van der Waals surface area contributed by atoms with Crippen molar-refractivity contribution < 1.29 is 8.42 Å². The van der Waals surface area contributed by atoms with E-state index in [0.29, 0.717) is 34.7 Å². The van der Waals surface area contributed by atoms with E-state index < -0.39 is 10.0 Å². The maximum absolute atomic E-state index is 12.8. The van der Waals surface area contributed by atoms with Gasteiger partial charge >= 0.3 is 0 Å². The van der Waals surface area contributed by atoms with Crippen molar-refractivity contribution in [2.45, 2.75) is 44.4 Å². The molecule has 1 aliphatic rings. The van der Waals surface area contributed by atoms with Crippen molar-refractivity contribution in [2.75, 3.05) is 13.1 Å². The summed E-state index contributed by atoms with van der Waals surface area (Å²) in [4.78, 5) is 20.2. The monoisotopic (exact) mass is 427 g/mol. The minimum Gasteiger partial charge on any atom is -0.310 e. The first kappa shape index (κ1) is 22.2. The predicted octanol–water partition coefficient (Wildman–Crippen LogP) is 4.15. The minimum absolute atomic E-state index is 0.0545. The van der Waals surface area contributed by atoms with Crippen LogP contribution in [0.5, 0.6) is 0 Å². The first-order valence-electron chi connectivity index (χ1n) is 10.5. The second-order valence-corrected chi connectivity index (χ2v) is 9.25. The smallest absolute Gasteiger partial charge is 0.258 e. The SMILES string of the molecule is CC.CC(c1nc2ccccc2c(=O)[nH]1)C1CCN(S(=O)(=O)c2ccccc2)CC1. The van der Waals surface area contributed by atoms with Crippen molar-refractivity contribution >= 4 is 20.9 Å². The van der Waals surface area contributed by atoms with Gasteiger partial charge in [-0.3, -0.25) is 4.79 Å². The van der Waals surface area contributed by atoms with Crippen LogP contribution in [0.1, 0.15) is 45.4 Å². The Morgan fingerprint density at radius 1 is 1.00 bits per heavy atom. The van der Waals surface area contributed by atoms with Gasteiger partial charge in [-0.05, 0) is 43.0 Å². The molecular formula is C23H29N3O3S. The van der Waals surface area contributed by atoms with Crippen molar-refractivity contribution in [3.63, 3.8) is 0 Å². The normalized spacial score (nSPS) is 16.6. The fourth-order valence-electron chi connectivity index (χ4n) is 3.90. The molecular weight excluding hydrogens is 398 g/mol. The number of rotatable bonds is 4. The van der Waals surface area contributed by atoms with Gasteiger partial charge in [0.2, 0.25) is 10.0 Å². The summed E-state index contributed by atoms with van der Waals surface area (Å²) in [6, 6.07) is 15.9. The summed E-state index contributed by atoms with van der Waals surface area (Å²) in [6.07, 6.45) is 1.48. The van der Waals surface area contributed by atoms with Gasteiger partial charge < -0.3 is 4.98 Å². The standard InChI is InChI=1S/C21H23N3O3S.C2H6/c1-15(20-22-19-10-6-5-9-18(19)21(25)23-20)16-11-13-24(14-12-16)28(26,27)17-7-3-2-4-8-17;1-2/h2-10,15-16H,11-14H2,1H3,(H,22,23,25);1-2H3. The van der Waals surface area contributed by atoms with Crippen molar-refractivity contribution in [3.8, 4) is 0 Å². The lowest BCUT2D eigenvalue weighted by atomic mass is 9.85. The molecule has 30 heavy (non-hydrogen) atoms. The van der Waals surface area contributed by atoms with Gasteiger partial charge in [-0.1, -0.05) is 51.1 Å². The van der Waals surface area contributed by atoms with Crippen LogP contribution in [0.3, 0.4) is 0 Å². The number of sulfonamides is 1. The molecule has 7 heteroatoms. The van der Waals surface area contributed by atoms with Gasteiger partial charge in [0.25, 0.3) is 5.56 Å². The van der Waals surface area contributed by atoms with Crippen LogP contribution in [0.2, 0.25) is 0 Å². The summed E-state index contributed by atoms with van der Waals surface area (Å²) in [5, 5.41) is 0.585. The number of nitrogens with one attached hydrogen (secondary N) is 1. The zero-order chi connectivity index (χ0) is 21.7. The highest BCUT2D eigenvalue weighted by molar-refractivity contribution is 7.89. The minimum atomic E-state index is -3.45. The molecule has 0 spiro atoms. The summed E-state index contributed by atoms with van der Waals surface area (Å²) in [7, 11) is -3.45. The Bertz CT molecular complexity index is 1140. The molecule has 0 radical (unpaired) electrons. The molecule has 1 fully saturated rings. The highest BCUT2D eigenvalue weighted by atomic mass is 32.2. The van der Waals surface area contributed by atoms with Crippen molar-refractivity contribution in [3.05, 3.63) is 70.8 Å². The summed E-state index contributed by atoms with van der Waals surface area (Å²) in [5.41, 5.74) is 0.564. The van der Waals surface area contributed by atoms with Crippen molar-refractivity contribution in [1.82, 2.24) is 14.3 Å². The van der Waals surface area contributed by atoms with Gasteiger partial charge in [0.05, 0.1) is 15.8 Å². The molecule has 0 saturated carbocycles. The lowest BCUT2D eigenvalue weighted by molar-refractivity contribution is 0.246. The average Bonchev–Trinajstić information content (AvgIpc) is 2.80. The third-order valence-electron chi connectivity index (χ3n) is 5.65. The maximum Gasteiger partial charge on any atom is 0.258 e. The maximum atomic E-state index is 12.8. The molecule has 2 aromatic carbocycles. The van der Waals surface area contributed by atoms with E-state index in [1.165, 1.54) is 0 Å². The Hall–Kier alpha value is -2.51. The second kappa shape index (κ2) is 9.53. The Balaban J connectivity index is 0.00000124. The molecule has 6 nitrogen and oxygen atoms in total. The highest BCUT2D eigenvalue weighted by Crippen LogP contribution is 2.32. The van der Waals surface area contributed by atoms with E-state index in [-0.39, 0.29) is 17.4 Å². The molecule has 160 valence electrons. The van der Waals surface area contributed by atoms with Crippen molar-refractivity contribution in [2.24, 2.45) is 5.92 Å². The van der Waals surface area contributed by atoms with E-state index in [2.05, 4.69) is 16.9 Å². The summed E-state index contributed by atoms with van der Waals surface area (Å²) in [5.74, 6) is 0.999. The van der Waals surface area contributed by atoms with Crippen LogP contribution in [-0.4, -0.2) is 35.8 Å². The molecule has 1 aliphatic heterocycles. The molecule has 0 amide bonds. The van der Waals surface area contributed by atoms with Gasteiger partial charge in [-0.15, -0.1) is 0 Å². The third-order valence-corrected chi connectivity index (χ3v) is 7.56. The van der Waals surface area contributed by atoms with Crippen LogP contribution >= 0.6 is 0 Å². The van der Waals surface area contributed by atoms with Gasteiger partial charge in [0, 0.05) is 19.0 Å². The number of para-hydroxylation sites is 1. The first-order valence-corrected chi connectivity index (χ1v) is 11.9. The highest BCUT2D eigenvalue weighted by Gasteiger charge is 2.32. The van der Waals surface area contributed by atoms with Crippen LogP contribution in [0.25, 0.3) is 10.9 Å². The lowest BCUT2D eigenvalue weighted by Crippen LogP contribution is -2.39. The van der Waals surface area contributed by atoms with Gasteiger partial charge in [0.15, 0.2) is 0 Å². The number of aromatic amines is 1. The fourth-order valence-corrected chi connectivity index (χ4v) is 5.39. The van der Waals surface area contributed by atoms with E-state index in [1.807, 2.05) is 38.1 Å². The third kappa shape index (κ3) is 4.47. The Kier molecular flexibility index (Phi) is 7.05. The molecule has 1 aromatic heterocycles.